The average Bonchev–Trinajstić information content (AvgIpc) is 4.17. The predicted molar refractivity (Wildman–Crippen MR) is 317 cm³/mol. The van der Waals surface area contributed by atoms with E-state index in [1.54, 1.807) is 50.8 Å². The van der Waals surface area contributed by atoms with Crippen molar-refractivity contribution in [2.24, 2.45) is 7.05 Å². The number of piperidine rings is 1. The summed E-state index contributed by atoms with van der Waals surface area (Å²) in [5, 5.41) is 19.4. The van der Waals surface area contributed by atoms with Gasteiger partial charge in [0.15, 0.2) is 11.6 Å². The number of aromatic nitrogens is 6. The molecular formula is C56H69Cl2N13O4P2. The number of para-hydroxylation sites is 2. The van der Waals surface area contributed by atoms with Crippen LogP contribution in [0.25, 0.3) is 11.1 Å². The monoisotopic (exact) mass is 1120 g/mol. The number of hydrogen-bond donors (Lipinski definition) is 4. The number of ether oxygens (including phenoxy) is 2. The molecular weight excluding hydrogens is 1050 g/mol. The minimum atomic E-state index is -2.52. The average molecular weight is 1120 g/mol. The van der Waals surface area contributed by atoms with Crippen molar-refractivity contribution in [3.63, 3.8) is 0 Å². The fourth-order valence-corrected chi connectivity index (χ4v) is 12.3. The van der Waals surface area contributed by atoms with Crippen LogP contribution in [-0.2, 0) is 16.2 Å². The highest BCUT2D eigenvalue weighted by atomic mass is 35.5. The maximum absolute atomic E-state index is 12.9. The maximum atomic E-state index is 12.9. The second kappa shape index (κ2) is 24.2. The second-order valence-electron chi connectivity index (χ2n) is 20.7. The minimum Gasteiger partial charge on any atom is -0.495 e. The van der Waals surface area contributed by atoms with Crippen LogP contribution in [0, 0.1) is 0 Å². The molecule has 0 spiro atoms. The maximum Gasteiger partial charge on any atom is 0.229 e. The van der Waals surface area contributed by atoms with Gasteiger partial charge in [0.25, 0.3) is 0 Å². The fraction of sp³-hybridized carbons (Fsp3) is 0.375. The van der Waals surface area contributed by atoms with E-state index in [1.165, 1.54) is 63.7 Å². The standard InChI is InChI=1S/C33H45ClN7O2P.C23H24ClN6O2P/c1-23(2)43-30-21-26(39-15-13-25(14-16-39)41-19-17-40(18-20-41)24-9-10-24)11-12-28(30)37-33-35-22-27(34)32(38-33)36-29-7-5-6-8-31(29)44(3,4)42;1-30-14-16(12-26-30)15-9-10-18(20(11-15)32-2)28-23-25-13-17(24)22(29-23)27-19-7-5-6-8-21(19)33(3,4)31/h5-8,11-12,21-25H,9-10,13-20H2,1-4H3,(H2,35,36,37,38);5-14H,1-4H3,(H2,25,27,28,29). The summed E-state index contributed by atoms with van der Waals surface area (Å²) in [5.74, 6) is 2.95. The molecule has 17 nitrogen and oxygen atoms in total. The number of benzene rings is 4. The van der Waals surface area contributed by atoms with Crippen molar-refractivity contribution >= 4 is 100 Å². The highest BCUT2D eigenvalue weighted by Crippen LogP contribution is 2.41. The van der Waals surface area contributed by atoms with E-state index in [4.69, 9.17) is 32.7 Å². The second-order valence-corrected chi connectivity index (χ2v) is 27.9. The molecule has 3 aromatic heterocycles. The van der Waals surface area contributed by atoms with Gasteiger partial charge in [-0.1, -0.05) is 53.5 Å². The van der Waals surface area contributed by atoms with Crippen molar-refractivity contribution in [1.82, 2.24) is 39.5 Å². The third kappa shape index (κ3) is 14.3. The molecule has 21 heteroatoms. The molecule has 1 aliphatic carbocycles. The molecule has 3 fully saturated rings. The number of rotatable bonds is 17. The number of piperazine rings is 1. The highest BCUT2D eigenvalue weighted by Gasteiger charge is 2.34. The Hall–Kier alpha value is -6.19. The van der Waals surface area contributed by atoms with E-state index in [1.807, 2.05) is 99.9 Å². The van der Waals surface area contributed by atoms with Crippen molar-refractivity contribution in [2.45, 2.75) is 57.7 Å². The first-order valence-corrected chi connectivity index (χ1v) is 32.0. The molecule has 0 atom stereocenters. The number of halogens is 2. The molecule has 2 saturated heterocycles. The van der Waals surface area contributed by atoms with E-state index >= 15 is 0 Å². The lowest BCUT2D eigenvalue weighted by Gasteiger charge is -2.43. The molecule has 0 bridgehead atoms. The van der Waals surface area contributed by atoms with Crippen LogP contribution in [0.15, 0.2) is 110 Å². The quantitative estimate of drug-likeness (QED) is 0.0632. The molecule has 1 saturated carbocycles. The Labute approximate surface area is 462 Å². The molecule has 4 N–H and O–H groups in total. The van der Waals surface area contributed by atoms with E-state index in [0.29, 0.717) is 62.4 Å². The molecule has 7 aromatic rings. The van der Waals surface area contributed by atoms with E-state index in [2.05, 4.69) is 73.1 Å². The Kier molecular flexibility index (Phi) is 17.5. The third-order valence-electron chi connectivity index (χ3n) is 13.8. The van der Waals surface area contributed by atoms with Crippen molar-refractivity contribution in [1.29, 1.82) is 0 Å². The summed E-state index contributed by atoms with van der Waals surface area (Å²) >= 11 is 12.8. The molecule has 77 heavy (non-hydrogen) atoms. The van der Waals surface area contributed by atoms with Gasteiger partial charge in [-0.2, -0.15) is 15.1 Å². The van der Waals surface area contributed by atoms with Crippen molar-refractivity contribution < 1.29 is 18.6 Å². The van der Waals surface area contributed by atoms with Crippen molar-refractivity contribution in [3.8, 4) is 22.6 Å². The predicted octanol–water partition coefficient (Wildman–Crippen LogP) is 11.7. The summed E-state index contributed by atoms with van der Waals surface area (Å²) in [6, 6.07) is 28.6. The van der Waals surface area contributed by atoms with Gasteiger partial charge in [0, 0.05) is 92.5 Å². The lowest BCUT2D eigenvalue weighted by Crippen LogP contribution is -2.53. The summed E-state index contributed by atoms with van der Waals surface area (Å²) < 4.78 is 39.1. The van der Waals surface area contributed by atoms with E-state index in [-0.39, 0.29) is 6.10 Å². The van der Waals surface area contributed by atoms with Crippen molar-refractivity contribution in [3.05, 3.63) is 120 Å². The Morgan fingerprint density at radius 2 is 1.10 bits per heavy atom. The first-order valence-electron chi connectivity index (χ1n) is 26.0. The SMILES string of the molecule is CC(C)Oc1cc(N2CCC(N3CCN(C4CC4)CC3)CC2)ccc1Nc1ncc(Cl)c(Nc2ccccc2P(C)(C)=O)n1.COc1cc(-c2cnn(C)c2)ccc1Nc1ncc(Cl)c(Nc2ccccc2P(C)(C)=O)n1. The van der Waals surface area contributed by atoms with E-state index in [9.17, 15) is 9.13 Å². The molecule has 3 aliphatic rings. The Morgan fingerprint density at radius 1 is 0.597 bits per heavy atom. The molecule has 0 unspecified atom stereocenters. The van der Waals surface area contributed by atoms with Gasteiger partial charge in [-0.05, 0) is 120 Å². The minimum absolute atomic E-state index is 0.00415. The largest absolute Gasteiger partial charge is 0.495 e. The molecule has 4 aromatic carbocycles. The van der Waals surface area contributed by atoms with Gasteiger partial charge in [-0.15, -0.1) is 0 Å². The van der Waals surface area contributed by atoms with Gasteiger partial charge < -0.3 is 44.8 Å². The molecule has 10 rings (SSSR count). The summed E-state index contributed by atoms with van der Waals surface area (Å²) in [6.45, 7) is 18.0. The number of aryl methyl sites for hydroxylation is 1. The number of anilines is 9. The van der Waals surface area contributed by atoms with Gasteiger partial charge in [0.2, 0.25) is 11.9 Å². The smallest absolute Gasteiger partial charge is 0.229 e. The fourth-order valence-electron chi connectivity index (χ4n) is 9.73. The van der Waals surface area contributed by atoms with Gasteiger partial charge in [0.1, 0.15) is 35.8 Å². The van der Waals surface area contributed by atoms with Crippen LogP contribution in [0.5, 0.6) is 11.5 Å². The zero-order chi connectivity index (χ0) is 54.4. The van der Waals surface area contributed by atoms with Crippen LogP contribution in [-0.4, -0.2) is 131 Å². The summed E-state index contributed by atoms with van der Waals surface area (Å²) in [5.41, 5.74) is 6.02. The first kappa shape index (κ1) is 55.6. The zero-order valence-electron chi connectivity index (χ0n) is 45.0. The van der Waals surface area contributed by atoms with Gasteiger partial charge in [-0.25, -0.2) is 9.97 Å². The zero-order valence-corrected chi connectivity index (χ0v) is 48.3. The Balaban J connectivity index is 0.000000196. The topological polar surface area (TPSA) is 180 Å². The molecule has 0 radical (unpaired) electrons. The molecule has 406 valence electrons. The van der Waals surface area contributed by atoms with Crippen LogP contribution < -0.4 is 46.2 Å². The number of nitrogens with zero attached hydrogens (tertiary/aromatic N) is 9. The van der Waals surface area contributed by atoms with Gasteiger partial charge in [-0.3, -0.25) is 14.5 Å². The van der Waals surface area contributed by atoms with E-state index in [0.717, 1.165) is 52.3 Å². The Morgan fingerprint density at radius 3 is 1.58 bits per heavy atom. The van der Waals surface area contributed by atoms with Crippen LogP contribution in [0.1, 0.15) is 39.5 Å². The number of methoxy groups -OCH3 is 1. The van der Waals surface area contributed by atoms with Gasteiger partial charge in [0.05, 0.1) is 54.6 Å². The summed E-state index contributed by atoms with van der Waals surface area (Å²) in [4.78, 5) is 25.8. The van der Waals surface area contributed by atoms with Crippen LogP contribution in [0.2, 0.25) is 10.0 Å². The van der Waals surface area contributed by atoms with Crippen LogP contribution in [0.4, 0.5) is 52.0 Å². The third-order valence-corrected chi connectivity index (χ3v) is 17.4. The molecule has 0 amide bonds. The Bertz CT molecular complexity index is 3280. The van der Waals surface area contributed by atoms with E-state index < -0.39 is 14.3 Å². The highest BCUT2D eigenvalue weighted by molar-refractivity contribution is 7.70. The molecule has 2 aliphatic heterocycles. The number of nitrogens with one attached hydrogen (secondary N) is 4. The van der Waals surface area contributed by atoms with Gasteiger partial charge >= 0.3 is 0 Å². The molecule has 5 heterocycles. The lowest BCUT2D eigenvalue weighted by molar-refractivity contribution is 0.0809. The van der Waals surface area contributed by atoms with Crippen molar-refractivity contribution in [2.75, 3.05) is 99.2 Å². The number of hydrogen-bond acceptors (Lipinski definition) is 16. The lowest BCUT2D eigenvalue weighted by atomic mass is 10.0. The van der Waals surface area contributed by atoms with Crippen LogP contribution >= 0.6 is 37.5 Å². The first-order chi connectivity index (χ1) is 36.9. The summed E-state index contributed by atoms with van der Waals surface area (Å²) in [6.07, 6.45) is 12.0. The van der Waals surface area contributed by atoms with Crippen LogP contribution in [0.3, 0.4) is 0 Å². The normalized spacial score (nSPS) is 15.6. The summed E-state index contributed by atoms with van der Waals surface area (Å²) in [7, 11) is -1.54.